The summed E-state index contributed by atoms with van der Waals surface area (Å²) in [4.78, 5) is 17.9. The Morgan fingerprint density at radius 2 is 1.88 bits per heavy atom. The number of nitrogens with zero attached hydrogens (tertiary/aromatic N) is 2. The van der Waals surface area contributed by atoms with E-state index in [0.29, 0.717) is 18.9 Å². The predicted octanol–water partition coefficient (Wildman–Crippen LogP) is 4.76. The van der Waals surface area contributed by atoms with Gasteiger partial charge in [-0.3, -0.25) is 9.52 Å². The number of hydrogen-bond acceptors (Lipinski definition) is 7. The second-order valence-electron chi connectivity index (χ2n) is 11.3. The van der Waals surface area contributed by atoms with Gasteiger partial charge in [-0.2, -0.15) is 0 Å². The van der Waals surface area contributed by atoms with Crippen LogP contribution in [0.3, 0.4) is 0 Å². The van der Waals surface area contributed by atoms with Crippen molar-refractivity contribution in [1.82, 2.24) is 9.80 Å². The predicted molar refractivity (Wildman–Crippen MR) is 162 cm³/mol. The first-order valence-electron chi connectivity index (χ1n) is 14.8. The number of rotatable bonds is 9. The smallest absolute Gasteiger partial charge is 0.261 e. The molecule has 234 valence electrons. The summed E-state index contributed by atoms with van der Waals surface area (Å²) in [6.07, 6.45) is 3.22. The van der Waals surface area contributed by atoms with Crippen LogP contribution < -0.4 is 9.46 Å². The van der Waals surface area contributed by atoms with Gasteiger partial charge in [-0.05, 0) is 95.6 Å². The highest BCUT2D eigenvalue weighted by atomic mass is 32.2. The molecule has 1 aliphatic rings. The lowest BCUT2D eigenvalue weighted by Crippen LogP contribution is -2.47. The van der Waals surface area contributed by atoms with E-state index in [1.807, 2.05) is 13.8 Å². The maximum atomic E-state index is 14.2. The largest absolute Gasteiger partial charge is 0.490 e. The van der Waals surface area contributed by atoms with Gasteiger partial charge in [0.25, 0.3) is 15.9 Å². The summed E-state index contributed by atoms with van der Waals surface area (Å²) in [5, 5.41) is 10.1. The molecule has 0 saturated carbocycles. The zero-order valence-corrected chi connectivity index (χ0v) is 26.2. The number of anilines is 1. The van der Waals surface area contributed by atoms with E-state index in [2.05, 4.69) is 23.6 Å². The maximum absolute atomic E-state index is 14.2. The van der Waals surface area contributed by atoms with E-state index >= 15 is 0 Å². The molecule has 0 unspecified atom stereocenters. The lowest BCUT2D eigenvalue weighted by atomic mass is 10.0. The van der Waals surface area contributed by atoms with Gasteiger partial charge in [-0.25, -0.2) is 12.8 Å². The molecule has 9 nitrogen and oxygen atoms in total. The third kappa shape index (κ3) is 9.39. The number of benzene rings is 2. The van der Waals surface area contributed by atoms with Crippen molar-refractivity contribution in [3.05, 3.63) is 53.8 Å². The lowest BCUT2D eigenvalue weighted by molar-refractivity contribution is -0.0167. The number of aliphatic hydroxyl groups is 1. The van der Waals surface area contributed by atoms with E-state index in [1.165, 1.54) is 18.2 Å². The van der Waals surface area contributed by atoms with Crippen LogP contribution >= 0.6 is 0 Å². The molecule has 0 fully saturated rings. The summed E-state index contributed by atoms with van der Waals surface area (Å²) < 4.78 is 54.5. The molecule has 1 amide bonds. The van der Waals surface area contributed by atoms with Gasteiger partial charge in [0.15, 0.2) is 0 Å². The summed E-state index contributed by atoms with van der Waals surface area (Å²) in [5.41, 5.74) is 0.349. The average molecular weight is 608 g/mol. The van der Waals surface area contributed by atoms with Gasteiger partial charge >= 0.3 is 0 Å². The van der Waals surface area contributed by atoms with Gasteiger partial charge in [-0.1, -0.05) is 13.8 Å². The zero-order valence-electron chi connectivity index (χ0n) is 25.4. The van der Waals surface area contributed by atoms with E-state index in [4.69, 9.17) is 9.47 Å². The highest BCUT2D eigenvalue weighted by Gasteiger charge is 2.30. The quantitative estimate of drug-likeness (QED) is 0.423. The molecule has 11 heteroatoms. The Bertz CT molecular complexity index is 1260. The van der Waals surface area contributed by atoms with Gasteiger partial charge in [0.2, 0.25) is 0 Å². The van der Waals surface area contributed by atoms with Crippen molar-refractivity contribution in [2.24, 2.45) is 5.92 Å². The van der Waals surface area contributed by atoms with Crippen LogP contribution in [0, 0.1) is 11.7 Å². The molecule has 0 aliphatic carbocycles. The summed E-state index contributed by atoms with van der Waals surface area (Å²) in [7, 11) is -1.98. The molecule has 2 N–H and O–H groups in total. The first-order valence-corrected chi connectivity index (χ1v) is 16.2. The van der Waals surface area contributed by atoms with Crippen molar-refractivity contribution in [2.45, 2.75) is 76.5 Å². The Morgan fingerprint density at radius 3 is 2.55 bits per heavy atom. The molecule has 0 aromatic heterocycles. The van der Waals surface area contributed by atoms with Crippen molar-refractivity contribution in [3.8, 4) is 5.75 Å². The summed E-state index contributed by atoms with van der Waals surface area (Å²) in [6, 6.07) is 8.58. The Hall–Kier alpha value is -2.73. The maximum Gasteiger partial charge on any atom is 0.261 e. The van der Waals surface area contributed by atoms with Crippen LogP contribution in [0.2, 0.25) is 0 Å². The second-order valence-corrected chi connectivity index (χ2v) is 13.0. The molecule has 1 heterocycles. The Kier molecular flexibility index (Phi) is 12.6. The van der Waals surface area contributed by atoms with Crippen molar-refractivity contribution >= 4 is 21.6 Å². The number of carbonyl (C=O) groups excluding carboxylic acids is 1. The molecule has 4 atom stereocenters. The molecule has 2 aromatic carbocycles. The number of carbonyl (C=O) groups is 1. The van der Waals surface area contributed by atoms with Crippen LogP contribution in [0.5, 0.6) is 5.75 Å². The molecular formula is C31H46FN3O6S. The lowest BCUT2D eigenvalue weighted by Gasteiger charge is -2.35. The number of sulfonamides is 1. The molecule has 0 bridgehead atoms. The van der Waals surface area contributed by atoms with Crippen LogP contribution in [-0.2, 0) is 14.8 Å². The molecule has 2 aromatic rings. The fourth-order valence-electron chi connectivity index (χ4n) is 5.06. The number of ether oxygens (including phenoxy) is 2. The molecule has 1 aliphatic heterocycles. The molecule has 0 radical (unpaired) electrons. The highest BCUT2D eigenvalue weighted by molar-refractivity contribution is 7.92. The summed E-state index contributed by atoms with van der Waals surface area (Å²) >= 11 is 0. The number of hydrogen-bond donors (Lipinski definition) is 2. The normalized spacial score (nSPS) is 21.8. The second kappa shape index (κ2) is 15.7. The summed E-state index contributed by atoms with van der Waals surface area (Å²) in [6.45, 7) is 10.2. The van der Waals surface area contributed by atoms with E-state index in [0.717, 1.165) is 50.9 Å². The fraction of sp³-hybridized carbons (Fsp3) is 0.581. The van der Waals surface area contributed by atoms with Gasteiger partial charge < -0.3 is 24.4 Å². The van der Waals surface area contributed by atoms with E-state index < -0.39 is 21.9 Å². The third-order valence-corrected chi connectivity index (χ3v) is 8.92. The minimum absolute atomic E-state index is 0.0475. The standard InChI is InChI=1S/C31H46FN3O6S/c1-6-16-34(5)20-30-22(2)19-35(23(3)21-36)31(37)28-18-26(33-42(38,39)27-13-10-25(32)11-14-27)12-15-29(28)41-24(4)9-7-8-17-40-30/h10-15,18,22-24,30,33,36H,6-9,16-17,19-21H2,1-5H3/t22-,23+,24+,30-/m1/s1. The zero-order chi connectivity index (χ0) is 30.9. The molecule has 3 rings (SSSR count). The Labute approximate surface area is 250 Å². The van der Waals surface area contributed by atoms with Crippen molar-refractivity contribution in [1.29, 1.82) is 0 Å². The topological polar surface area (TPSA) is 108 Å². The monoisotopic (exact) mass is 607 g/mol. The first kappa shape index (κ1) is 33.8. The number of halogens is 1. The van der Waals surface area contributed by atoms with Gasteiger partial charge in [0.1, 0.15) is 11.6 Å². The average Bonchev–Trinajstić information content (AvgIpc) is 2.94. The van der Waals surface area contributed by atoms with Gasteiger partial charge in [0, 0.05) is 31.3 Å². The van der Waals surface area contributed by atoms with E-state index in [1.54, 1.807) is 24.0 Å². The first-order chi connectivity index (χ1) is 19.9. The van der Waals surface area contributed by atoms with Crippen LogP contribution in [-0.4, -0.2) is 87.4 Å². The molecule has 42 heavy (non-hydrogen) atoms. The molecule has 0 spiro atoms. The molecular weight excluding hydrogens is 561 g/mol. The van der Waals surface area contributed by atoms with Crippen molar-refractivity contribution in [2.75, 3.05) is 44.6 Å². The number of likely N-dealkylation sites (N-methyl/N-ethyl adjacent to an activating group) is 1. The highest BCUT2D eigenvalue weighted by Crippen LogP contribution is 2.29. The van der Waals surface area contributed by atoms with E-state index in [-0.39, 0.29) is 46.8 Å². The SMILES string of the molecule is CCCN(C)C[C@H]1OCCCC[C@H](C)Oc2ccc(NS(=O)(=O)c3ccc(F)cc3)cc2C(=O)N([C@@H](C)CO)C[C@H]1C. The Balaban J connectivity index is 2.00. The number of amides is 1. The minimum atomic E-state index is -4.04. The third-order valence-electron chi connectivity index (χ3n) is 7.52. The van der Waals surface area contributed by atoms with Gasteiger partial charge in [-0.15, -0.1) is 0 Å². The van der Waals surface area contributed by atoms with Crippen molar-refractivity contribution in [3.63, 3.8) is 0 Å². The van der Waals surface area contributed by atoms with Crippen LogP contribution in [0.1, 0.15) is 63.7 Å². The Morgan fingerprint density at radius 1 is 1.17 bits per heavy atom. The minimum Gasteiger partial charge on any atom is -0.490 e. The van der Waals surface area contributed by atoms with Crippen LogP contribution in [0.15, 0.2) is 47.4 Å². The van der Waals surface area contributed by atoms with Crippen LogP contribution in [0.25, 0.3) is 0 Å². The van der Waals surface area contributed by atoms with Crippen LogP contribution in [0.4, 0.5) is 10.1 Å². The number of fused-ring (bicyclic) bond motifs is 1. The van der Waals surface area contributed by atoms with Crippen molar-refractivity contribution < 1.29 is 32.2 Å². The molecule has 0 saturated heterocycles. The van der Waals surface area contributed by atoms with Gasteiger partial charge in [0.05, 0.1) is 35.3 Å². The van der Waals surface area contributed by atoms with E-state index in [9.17, 15) is 22.7 Å². The fourth-order valence-corrected chi connectivity index (χ4v) is 6.11. The summed E-state index contributed by atoms with van der Waals surface area (Å²) in [5.74, 6) is -0.638. The number of aliphatic hydroxyl groups excluding tert-OH is 1. The number of nitrogens with one attached hydrogen (secondary N) is 1.